The lowest BCUT2D eigenvalue weighted by molar-refractivity contribution is -0.0000125. The average molecular weight is 569 g/mol. The maximum Gasteiger partial charge on any atom is 0.500 e. The first-order valence-electron chi connectivity index (χ1n) is 15.6. The maximum absolute atomic E-state index is 5.77. The molecule has 0 aliphatic carbocycles. The minimum atomic E-state index is -2.46. The fourth-order valence-electron chi connectivity index (χ4n) is 5.54. The van der Waals surface area contributed by atoms with Gasteiger partial charge in [0.15, 0.2) is 0 Å². The summed E-state index contributed by atoms with van der Waals surface area (Å²) in [5, 5.41) is 0. The molecule has 0 saturated carbocycles. The Morgan fingerprint density at radius 1 is 0.417 bits per heavy atom. The first-order chi connectivity index (χ1) is 17.1. The molecule has 0 atom stereocenters. The van der Waals surface area contributed by atoms with Crippen LogP contribution in [0.25, 0.3) is 0 Å². The minimum Gasteiger partial charge on any atom is -1.00 e. The van der Waals surface area contributed by atoms with Gasteiger partial charge in [-0.15, -0.1) is 0 Å². The zero-order chi connectivity index (χ0) is 26.1. The second kappa shape index (κ2) is 27.4. The smallest absolute Gasteiger partial charge is 0.500 e. The van der Waals surface area contributed by atoms with Crippen molar-refractivity contribution in [3.63, 3.8) is 0 Å². The Labute approximate surface area is 236 Å². The van der Waals surface area contributed by atoms with Crippen molar-refractivity contribution in [2.75, 3.05) is 46.0 Å². The van der Waals surface area contributed by atoms with Crippen molar-refractivity contribution < 1.29 is 25.7 Å². The Kier molecular flexibility index (Phi) is 29.6. The van der Waals surface area contributed by atoms with Gasteiger partial charge in [0.1, 0.15) is 0 Å². The van der Waals surface area contributed by atoms with Crippen LogP contribution >= 0.6 is 7.26 Å². The van der Waals surface area contributed by atoms with Gasteiger partial charge in [-0.05, 0) is 44.9 Å². The zero-order valence-electron chi connectivity index (χ0n) is 25.5. The molecule has 0 radical (unpaired) electrons. The fourth-order valence-corrected chi connectivity index (χ4v) is 12.4. The van der Waals surface area contributed by atoms with Crippen LogP contribution in [0.5, 0.6) is 0 Å². The molecule has 0 fully saturated rings. The monoisotopic (exact) mass is 568 g/mol. The van der Waals surface area contributed by atoms with Crippen LogP contribution in [0.15, 0.2) is 0 Å². The van der Waals surface area contributed by atoms with Crippen LogP contribution < -0.4 is 12.4 Å². The molecule has 0 spiro atoms. The van der Waals surface area contributed by atoms with E-state index in [1.54, 1.807) is 21.3 Å². The van der Waals surface area contributed by atoms with Crippen molar-refractivity contribution in [3.8, 4) is 0 Å². The van der Waals surface area contributed by atoms with Crippen molar-refractivity contribution in [3.05, 3.63) is 0 Å². The molecule has 0 rings (SSSR count). The molecule has 0 aliphatic rings. The molecule has 0 heterocycles. The summed E-state index contributed by atoms with van der Waals surface area (Å²) in [4.78, 5) is 0. The molecule has 0 N–H and O–H groups in total. The van der Waals surface area contributed by atoms with Crippen LogP contribution in [0.1, 0.15) is 143 Å². The molecule has 0 amide bonds. The van der Waals surface area contributed by atoms with Crippen LogP contribution in [0.2, 0.25) is 6.04 Å². The molecule has 6 heteroatoms. The molecule has 0 aromatic rings. The first-order valence-corrected chi connectivity index (χ1v) is 20.0. The Morgan fingerprint density at radius 3 is 1.00 bits per heavy atom. The molecule has 0 bridgehead atoms. The largest absolute Gasteiger partial charge is 1.00 e. The third-order valence-electron chi connectivity index (χ3n) is 8.01. The number of rotatable bonds is 28. The van der Waals surface area contributed by atoms with Gasteiger partial charge in [0, 0.05) is 34.6 Å². The number of hydrogen-bond donors (Lipinski definition) is 0. The lowest BCUT2D eigenvalue weighted by Crippen LogP contribution is -3.00. The summed E-state index contributed by atoms with van der Waals surface area (Å²) < 4.78 is 17.3. The third-order valence-corrected chi connectivity index (χ3v) is 15.9. The SMILES string of the molecule is CCCCCCCC[P+](CCCCCCCC)(CCCCCCCC)CCC[Si](OC)(OC)OC.[Cl-]. The topological polar surface area (TPSA) is 27.7 Å². The normalized spacial score (nSPS) is 12.2. The van der Waals surface area contributed by atoms with Gasteiger partial charge in [-0.1, -0.05) is 97.8 Å². The van der Waals surface area contributed by atoms with Crippen molar-refractivity contribution in [2.45, 2.75) is 149 Å². The second-order valence-electron chi connectivity index (χ2n) is 10.9. The predicted octanol–water partition coefficient (Wildman–Crippen LogP) is 7.36. The summed E-state index contributed by atoms with van der Waals surface area (Å²) >= 11 is 0. The number of unbranched alkanes of at least 4 members (excludes halogenated alkanes) is 15. The standard InChI is InChI=1S/C30H66O3PSi.ClH/c1-7-10-13-16-19-22-26-34(27-23-20-17-14-11-8-2,28-24-21-18-15-12-9-3)29-25-30-35(31-4,32-5)33-6;/h7-30H2,1-6H3;1H/q+1;/p-1. The van der Waals surface area contributed by atoms with Crippen molar-refractivity contribution in [1.82, 2.24) is 0 Å². The van der Waals surface area contributed by atoms with E-state index in [-0.39, 0.29) is 12.4 Å². The molecule has 0 saturated heterocycles. The summed E-state index contributed by atoms with van der Waals surface area (Å²) in [7, 11) is 1.92. The quantitative estimate of drug-likeness (QED) is 0.0560. The fraction of sp³-hybridized carbons (Fsp3) is 1.00. The lowest BCUT2D eigenvalue weighted by atomic mass is 10.1. The van der Waals surface area contributed by atoms with E-state index in [4.69, 9.17) is 13.3 Å². The molecule has 0 aromatic carbocycles. The van der Waals surface area contributed by atoms with E-state index in [1.165, 1.54) is 147 Å². The van der Waals surface area contributed by atoms with E-state index in [1.807, 2.05) is 0 Å². The van der Waals surface area contributed by atoms with Crippen LogP contribution in [0.4, 0.5) is 0 Å². The number of hydrogen-bond acceptors (Lipinski definition) is 3. The molecule has 36 heavy (non-hydrogen) atoms. The Balaban J connectivity index is 0. The first kappa shape index (κ1) is 39.0. The molecular weight excluding hydrogens is 503 g/mol. The van der Waals surface area contributed by atoms with E-state index in [2.05, 4.69) is 20.8 Å². The zero-order valence-corrected chi connectivity index (χ0v) is 28.2. The molecule has 0 unspecified atom stereocenters. The Bertz CT molecular complexity index is 389. The highest BCUT2D eigenvalue weighted by molar-refractivity contribution is 7.75. The average Bonchev–Trinajstić information content (AvgIpc) is 2.88. The van der Waals surface area contributed by atoms with Gasteiger partial charge in [0.05, 0.1) is 24.6 Å². The van der Waals surface area contributed by atoms with E-state index in [0.717, 1.165) is 6.04 Å². The van der Waals surface area contributed by atoms with Crippen LogP contribution in [0.3, 0.4) is 0 Å². The van der Waals surface area contributed by atoms with E-state index < -0.39 is 16.1 Å². The van der Waals surface area contributed by atoms with Gasteiger partial charge in [0.25, 0.3) is 0 Å². The maximum atomic E-state index is 5.77. The summed E-state index contributed by atoms with van der Waals surface area (Å²) in [6.07, 6.45) is 32.8. The van der Waals surface area contributed by atoms with Crippen molar-refractivity contribution in [1.29, 1.82) is 0 Å². The predicted molar refractivity (Wildman–Crippen MR) is 163 cm³/mol. The van der Waals surface area contributed by atoms with Crippen LogP contribution in [-0.4, -0.2) is 54.8 Å². The molecular formula is C30H66ClO3PSi. The van der Waals surface area contributed by atoms with Gasteiger partial charge < -0.3 is 25.7 Å². The van der Waals surface area contributed by atoms with Crippen LogP contribution in [0, 0.1) is 0 Å². The highest BCUT2D eigenvalue weighted by Gasteiger charge is 2.41. The van der Waals surface area contributed by atoms with E-state index in [0.29, 0.717) is 0 Å². The summed E-state index contributed by atoms with van der Waals surface area (Å²) in [6.45, 7) is 6.96. The van der Waals surface area contributed by atoms with Gasteiger partial charge in [0.2, 0.25) is 0 Å². The molecule has 0 aliphatic heterocycles. The Morgan fingerprint density at radius 2 is 0.694 bits per heavy atom. The molecule has 220 valence electrons. The second-order valence-corrected chi connectivity index (χ2v) is 18.5. The van der Waals surface area contributed by atoms with Gasteiger partial charge >= 0.3 is 8.80 Å². The lowest BCUT2D eigenvalue weighted by Gasteiger charge is -2.30. The molecule has 3 nitrogen and oxygen atoms in total. The highest BCUT2D eigenvalue weighted by Crippen LogP contribution is 2.61. The van der Waals surface area contributed by atoms with Gasteiger partial charge in [-0.3, -0.25) is 0 Å². The Hall–Kier alpha value is 0.817. The summed E-state index contributed by atoms with van der Waals surface area (Å²) in [6, 6.07) is 0.974. The van der Waals surface area contributed by atoms with Crippen LogP contribution in [-0.2, 0) is 13.3 Å². The highest BCUT2D eigenvalue weighted by atomic mass is 35.5. The van der Waals surface area contributed by atoms with Gasteiger partial charge in [-0.2, -0.15) is 0 Å². The van der Waals surface area contributed by atoms with Gasteiger partial charge in [-0.25, -0.2) is 0 Å². The van der Waals surface area contributed by atoms with E-state index >= 15 is 0 Å². The summed E-state index contributed by atoms with van der Waals surface area (Å²) in [5.41, 5.74) is 0. The third kappa shape index (κ3) is 19.8. The molecule has 0 aromatic heterocycles. The summed E-state index contributed by atoms with van der Waals surface area (Å²) in [5.74, 6) is 0. The number of halogens is 1. The minimum absolute atomic E-state index is 0. The van der Waals surface area contributed by atoms with Crippen molar-refractivity contribution >= 4 is 16.1 Å². The van der Waals surface area contributed by atoms with Crippen molar-refractivity contribution in [2.24, 2.45) is 0 Å². The van der Waals surface area contributed by atoms with E-state index in [9.17, 15) is 0 Å².